The van der Waals surface area contributed by atoms with E-state index in [0.29, 0.717) is 19.3 Å². The Balaban J connectivity index is 4.29. The van der Waals surface area contributed by atoms with E-state index in [1.807, 2.05) is 0 Å². The van der Waals surface area contributed by atoms with Crippen LogP contribution in [0.4, 0.5) is 0 Å². The van der Waals surface area contributed by atoms with Crippen LogP contribution in [0.1, 0.15) is 292 Å². The third-order valence-corrected chi connectivity index (χ3v) is 12.1. The zero-order valence-corrected chi connectivity index (χ0v) is 41.3. The fraction of sp³-hybridized carbons (Fsp3) is 0.944. The Hall–Kier alpha value is -1.59. The molecule has 356 valence electrons. The predicted molar refractivity (Wildman–Crippen MR) is 256 cm³/mol. The normalized spacial score (nSPS) is 12.2. The number of carbonyl (C=O) groups excluding carboxylic acids is 3. The van der Waals surface area contributed by atoms with Crippen molar-refractivity contribution in [2.45, 2.75) is 298 Å². The first kappa shape index (κ1) is 58.4. The minimum absolute atomic E-state index is 0.0646. The average molecular weight is 849 g/mol. The Labute approximate surface area is 374 Å². The summed E-state index contributed by atoms with van der Waals surface area (Å²) in [6.07, 6.45) is 45.2. The van der Waals surface area contributed by atoms with Crippen LogP contribution in [0, 0.1) is 17.8 Å². The van der Waals surface area contributed by atoms with Gasteiger partial charge in [-0.2, -0.15) is 0 Å². The molecule has 0 aliphatic heterocycles. The second-order valence-corrected chi connectivity index (χ2v) is 19.9. The molecule has 0 unspecified atom stereocenters. The average Bonchev–Trinajstić information content (AvgIpc) is 3.20. The molecule has 0 bridgehead atoms. The summed E-state index contributed by atoms with van der Waals surface area (Å²) in [5, 5.41) is 0. The summed E-state index contributed by atoms with van der Waals surface area (Å²) in [4.78, 5) is 38.0. The molecule has 0 radical (unpaired) electrons. The van der Waals surface area contributed by atoms with Crippen molar-refractivity contribution in [3.63, 3.8) is 0 Å². The molecule has 1 atom stereocenters. The van der Waals surface area contributed by atoms with Gasteiger partial charge in [-0.1, -0.05) is 253 Å². The summed E-state index contributed by atoms with van der Waals surface area (Å²) in [7, 11) is 0. The number of unbranched alkanes of at least 4 members (excludes halogenated alkanes) is 30. The quantitative estimate of drug-likeness (QED) is 0.0345. The Kier molecular flexibility index (Phi) is 44.2. The first-order valence-electron chi connectivity index (χ1n) is 26.6. The minimum Gasteiger partial charge on any atom is -0.462 e. The molecule has 0 rings (SSSR count). The van der Waals surface area contributed by atoms with E-state index < -0.39 is 6.10 Å². The molecular weight excluding hydrogens is 745 g/mol. The molecule has 6 heteroatoms. The van der Waals surface area contributed by atoms with Crippen molar-refractivity contribution in [3.05, 3.63) is 0 Å². The molecule has 0 aliphatic carbocycles. The van der Waals surface area contributed by atoms with Gasteiger partial charge in [0.15, 0.2) is 6.10 Å². The smallest absolute Gasteiger partial charge is 0.306 e. The second-order valence-electron chi connectivity index (χ2n) is 19.9. The highest BCUT2D eigenvalue weighted by atomic mass is 16.6. The Bertz CT molecular complexity index is 929. The van der Waals surface area contributed by atoms with Crippen LogP contribution in [-0.4, -0.2) is 37.2 Å². The molecule has 60 heavy (non-hydrogen) atoms. The fourth-order valence-electron chi connectivity index (χ4n) is 8.12. The summed E-state index contributed by atoms with van der Waals surface area (Å²) < 4.78 is 16.8. The van der Waals surface area contributed by atoms with E-state index in [4.69, 9.17) is 14.2 Å². The molecule has 0 amide bonds. The summed E-state index contributed by atoms with van der Waals surface area (Å²) in [6, 6.07) is 0. The van der Waals surface area contributed by atoms with Crippen LogP contribution in [-0.2, 0) is 28.6 Å². The lowest BCUT2D eigenvalue weighted by Gasteiger charge is -2.18. The summed E-state index contributed by atoms with van der Waals surface area (Å²) in [5.74, 6) is 1.61. The number of esters is 3. The molecule has 0 saturated carbocycles. The van der Waals surface area contributed by atoms with Gasteiger partial charge in [-0.3, -0.25) is 14.4 Å². The van der Waals surface area contributed by atoms with Crippen LogP contribution < -0.4 is 0 Å². The molecule has 0 heterocycles. The van der Waals surface area contributed by atoms with E-state index in [1.165, 1.54) is 173 Å². The van der Waals surface area contributed by atoms with E-state index in [9.17, 15) is 14.4 Å². The third-order valence-electron chi connectivity index (χ3n) is 12.1. The second kappa shape index (κ2) is 45.4. The first-order valence-corrected chi connectivity index (χ1v) is 26.6. The van der Waals surface area contributed by atoms with Gasteiger partial charge in [-0.25, -0.2) is 0 Å². The number of carbonyl (C=O) groups is 3. The number of hydrogen-bond donors (Lipinski definition) is 0. The largest absolute Gasteiger partial charge is 0.462 e. The maximum atomic E-state index is 12.8. The van der Waals surface area contributed by atoms with E-state index >= 15 is 0 Å². The Morgan fingerprint density at radius 2 is 0.483 bits per heavy atom. The summed E-state index contributed by atoms with van der Waals surface area (Å²) in [6.45, 7) is 13.7. The van der Waals surface area contributed by atoms with Crippen LogP contribution in [0.5, 0.6) is 0 Å². The molecule has 6 nitrogen and oxygen atoms in total. The Morgan fingerprint density at radius 1 is 0.283 bits per heavy atom. The van der Waals surface area contributed by atoms with Crippen LogP contribution in [0.25, 0.3) is 0 Å². The molecule has 0 aromatic heterocycles. The molecule has 0 spiro atoms. The van der Waals surface area contributed by atoms with Gasteiger partial charge in [0.1, 0.15) is 13.2 Å². The van der Waals surface area contributed by atoms with Crippen molar-refractivity contribution in [1.82, 2.24) is 0 Å². The van der Waals surface area contributed by atoms with Gasteiger partial charge in [-0.05, 0) is 37.0 Å². The van der Waals surface area contributed by atoms with Crippen LogP contribution >= 0.6 is 0 Å². The summed E-state index contributed by atoms with van der Waals surface area (Å²) >= 11 is 0. The van der Waals surface area contributed by atoms with Gasteiger partial charge in [0, 0.05) is 19.3 Å². The van der Waals surface area contributed by atoms with Crippen molar-refractivity contribution >= 4 is 17.9 Å². The topological polar surface area (TPSA) is 78.9 Å². The summed E-state index contributed by atoms with van der Waals surface area (Å²) in [5.41, 5.74) is 0. The minimum atomic E-state index is -0.763. The highest BCUT2D eigenvalue weighted by molar-refractivity contribution is 5.71. The predicted octanol–water partition coefficient (Wildman–Crippen LogP) is 17.2. The van der Waals surface area contributed by atoms with E-state index in [2.05, 4.69) is 41.5 Å². The van der Waals surface area contributed by atoms with Crippen molar-refractivity contribution in [3.8, 4) is 0 Å². The Morgan fingerprint density at radius 3 is 0.717 bits per heavy atom. The van der Waals surface area contributed by atoms with Crippen molar-refractivity contribution in [2.24, 2.45) is 17.8 Å². The van der Waals surface area contributed by atoms with Gasteiger partial charge < -0.3 is 14.2 Å². The first-order chi connectivity index (χ1) is 29.1. The van der Waals surface area contributed by atoms with Crippen LogP contribution in [0.3, 0.4) is 0 Å². The zero-order chi connectivity index (χ0) is 44.2. The van der Waals surface area contributed by atoms with Crippen molar-refractivity contribution in [1.29, 1.82) is 0 Å². The maximum absolute atomic E-state index is 12.8. The van der Waals surface area contributed by atoms with E-state index in [1.54, 1.807) is 0 Å². The lowest BCUT2D eigenvalue weighted by molar-refractivity contribution is -0.167. The van der Waals surface area contributed by atoms with Gasteiger partial charge in [0.25, 0.3) is 0 Å². The van der Waals surface area contributed by atoms with Crippen LogP contribution in [0.2, 0.25) is 0 Å². The van der Waals surface area contributed by atoms with Gasteiger partial charge >= 0.3 is 17.9 Å². The molecule has 0 aliphatic rings. The number of rotatable bonds is 47. The molecular formula is C54H104O6. The molecule has 0 fully saturated rings. The number of hydrogen-bond acceptors (Lipinski definition) is 6. The van der Waals surface area contributed by atoms with Gasteiger partial charge in [-0.15, -0.1) is 0 Å². The monoisotopic (exact) mass is 849 g/mol. The van der Waals surface area contributed by atoms with E-state index in [-0.39, 0.29) is 31.1 Å². The molecule has 0 N–H and O–H groups in total. The fourth-order valence-corrected chi connectivity index (χ4v) is 8.12. The standard InChI is InChI=1S/C54H104O6/c1-48(2)40-34-28-22-16-12-9-7-8-10-14-18-25-31-37-43-52(55)58-46-51(47-59-53(56)44-38-32-26-21-20-24-30-36-42-50(5)6)60-54(57)45-39-33-27-19-15-11-13-17-23-29-35-41-49(3)4/h48-51H,7-47H2,1-6H3/t51-/m1/s1. The lowest BCUT2D eigenvalue weighted by atomic mass is 10.0. The van der Waals surface area contributed by atoms with E-state index in [0.717, 1.165) is 75.5 Å². The lowest BCUT2D eigenvalue weighted by Crippen LogP contribution is -2.30. The van der Waals surface area contributed by atoms with Gasteiger partial charge in [0.2, 0.25) is 0 Å². The van der Waals surface area contributed by atoms with Gasteiger partial charge in [0.05, 0.1) is 0 Å². The highest BCUT2D eigenvalue weighted by Gasteiger charge is 2.19. The number of ether oxygens (including phenoxy) is 3. The maximum Gasteiger partial charge on any atom is 0.306 e. The zero-order valence-electron chi connectivity index (χ0n) is 41.3. The SMILES string of the molecule is CC(C)CCCCCCCCCCCCCCCCC(=O)OC[C@H](COC(=O)CCCCCCCCCCC(C)C)OC(=O)CCCCCCCCCCCCCC(C)C. The third kappa shape index (κ3) is 47.5. The molecule has 0 aromatic rings. The van der Waals surface area contributed by atoms with Crippen molar-refractivity contribution in [2.75, 3.05) is 13.2 Å². The molecule has 0 aromatic carbocycles. The van der Waals surface area contributed by atoms with Crippen molar-refractivity contribution < 1.29 is 28.6 Å². The molecule has 0 saturated heterocycles. The van der Waals surface area contributed by atoms with Crippen LogP contribution in [0.15, 0.2) is 0 Å². The highest BCUT2D eigenvalue weighted by Crippen LogP contribution is 2.18.